The topological polar surface area (TPSA) is 32.3 Å². The van der Waals surface area contributed by atoms with Gasteiger partial charge in [0.15, 0.2) is 0 Å². The van der Waals surface area contributed by atoms with Gasteiger partial charge in [-0.05, 0) is 55.3 Å². The zero-order valence-corrected chi connectivity index (χ0v) is 15.4. The predicted molar refractivity (Wildman–Crippen MR) is 107 cm³/mol. The Hall–Kier alpha value is -2.78. The zero-order chi connectivity index (χ0) is 18.3. The van der Waals surface area contributed by atoms with Crippen molar-refractivity contribution in [2.75, 3.05) is 10.2 Å². The quantitative estimate of drug-likeness (QED) is 0.645. The standard InChI is InChI=1S/C22H19ClN2O/c1-14-6-5-7-15(2)20(14)24-21-18-8-3-4-9-19(18)22(26)25(21)17-12-10-16(23)11-13-17/h3-13,21,24H,1-2H3/t21-/m0/s1. The lowest BCUT2D eigenvalue weighted by Crippen LogP contribution is -2.32. The van der Waals surface area contributed by atoms with Crippen molar-refractivity contribution in [2.45, 2.75) is 20.0 Å². The molecule has 4 heteroatoms. The van der Waals surface area contributed by atoms with Gasteiger partial charge in [0, 0.05) is 27.5 Å². The molecule has 1 N–H and O–H groups in total. The van der Waals surface area contributed by atoms with Crippen LogP contribution in [0.15, 0.2) is 66.7 Å². The molecule has 0 fully saturated rings. The Morgan fingerprint density at radius 1 is 0.885 bits per heavy atom. The molecule has 1 heterocycles. The minimum atomic E-state index is -0.264. The fourth-order valence-electron chi connectivity index (χ4n) is 3.51. The number of hydrogen-bond donors (Lipinski definition) is 1. The van der Waals surface area contributed by atoms with Crippen molar-refractivity contribution in [3.05, 3.63) is 94.0 Å². The molecule has 0 bridgehead atoms. The van der Waals surface area contributed by atoms with Gasteiger partial charge in [-0.15, -0.1) is 0 Å². The molecule has 1 aliphatic heterocycles. The van der Waals surface area contributed by atoms with Gasteiger partial charge in [0.25, 0.3) is 5.91 Å². The van der Waals surface area contributed by atoms with E-state index in [0.717, 1.165) is 33.6 Å². The van der Waals surface area contributed by atoms with Crippen LogP contribution in [-0.4, -0.2) is 5.91 Å². The first kappa shape index (κ1) is 16.7. The van der Waals surface area contributed by atoms with E-state index in [1.807, 2.05) is 54.6 Å². The third-order valence-corrected chi connectivity index (χ3v) is 5.08. The molecule has 130 valence electrons. The van der Waals surface area contributed by atoms with E-state index in [0.29, 0.717) is 5.02 Å². The number of para-hydroxylation sites is 1. The van der Waals surface area contributed by atoms with E-state index in [9.17, 15) is 4.79 Å². The van der Waals surface area contributed by atoms with Crippen molar-refractivity contribution >= 4 is 28.9 Å². The lowest BCUT2D eigenvalue weighted by Gasteiger charge is -2.28. The second kappa shape index (κ2) is 6.50. The molecule has 3 nitrogen and oxygen atoms in total. The van der Waals surface area contributed by atoms with E-state index in [4.69, 9.17) is 11.6 Å². The summed E-state index contributed by atoms with van der Waals surface area (Å²) in [6, 6.07) is 21.3. The maximum Gasteiger partial charge on any atom is 0.260 e. The summed E-state index contributed by atoms with van der Waals surface area (Å²) in [5, 5.41) is 4.25. The van der Waals surface area contributed by atoms with E-state index < -0.39 is 0 Å². The number of aryl methyl sites for hydroxylation is 2. The lowest BCUT2D eigenvalue weighted by atomic mass is 10.1. The predicted octanol–water partition coefficient (Wildman–Crippen LogP) is 5.73. The van der Waals surface area contributed by atoms with Crippen LogP contribution in [0.5, 0.6) is 0 Å². The molecule has 26 heavy (non-hydrogen) atoms. The van der Waals surface area contributed by atoms with Crippen LogP contribution in [0.25, 0.3) is 0 Å². The summed E-state index contributed by atoms with van der Waals surface area (Å²) in [4.78, 5) is 14.9. The van der Waals surface area contributed by atoms with Crippen LogP contribution in [0.3, 0.4) is 0 Å². The Bertz CT molecular complexity index is 961. The molecule has 1 amide bonds. The highest BCUT2D eigenvalue weighted by Gasteiger charge is 2.37. The summed E-state index contributed by atoms with van der Waals surface area (Å²) in [6.07, 6.45) is -0.264. The normalized spacial score (nSPS) is 15.9. The maximum atomic E-state index is 13.1. The first-order valence-corrected chi connectivity index (χ1v) is 8.95. The van der Waals surface area contributed by atoms with Gasteiger partial charge in [0.05, 0.1) is 0 Å². The van der Waals surface area contributed by atoms with Gasteiger partial charge in [-0.1, -0.05) is 48.0 Å². The number of anilines is 2. The van der Waals surface area contributed by atoms with Crippen molar-refractivity contribution in [1.82, 2.24) is 0 Å². The highest BCUT2D eigenvalue weighted by atomic mass is 35.5. The Morgan fingerprint density at radius 2 is 1.54 bits per heavy atom. The first-order valence-electron chi connectivity index (χ1n) is 8.57. The van der Waals surface area contributed by atoms with Crippen LogP contribution in [-0.2, 0) is 0 Å². The number of carbonyl (C=O) groups excluding carboxylic acids is 1. The second-order valence-electron chi connectivity index (χ2n) is 6.55. The summed E-state index contributed by atoms with van der Waals surface area (Å²) >= 11 is 6.03. The fourth-order valence-corrected chi connectivity index (χ4v) is 3.63. The van der Waals surface area contributed by atoms with Gasteiger partial charge in [0.1, 0.15) is 6.17 Å². The SMILES string of the molecule is Cc1cccc(C)c1N[C@@H]1c2ccccc2C(=O)N1c1ccc(Cl)cc1. The number of fused-ring (bicyclic) bond motifs is 1. The van der Waals surface area contributed by atoms with Crippen molar-refractivity contribution < 1.29 is 4.79 Å². The van der Waals surface area contributed by atoms with Gasteiger partial charge < -0.3 is 5.32 Å². The highest BCUT2D eigenvalue weighted by Crippen LogP contribution is 2.39. The monoisotopic (exact) mass is 362 g/mol. The van der Waals surface area contributed by atoms with Crippen LogP contribution in [0.1, 0.15) is 33.2 Å². The molecular formula is C22H19ClN2O. The third-order valence-electron chi connectivity index (χ3n) is 4.83. The average Bonchev–Trinajstić information content (AvgIpc) is 2.92. The maximum absolute atomic E-state index is 13.1. The molecule has 3 aromatic carbocycles. The van der Waals surface area contributed by atoms with Crippen molar-refractivity contribution in [2.24, 2.45) is 0 Å². The summed E-state index contributed by atoms with van der Waals surface area (Å²) in [5.74, 6) is -0.00772. The van der Waals surface area contributed by atoms with E-state index in [1.54, 1.807) is 4.90 Å². The number of amides is 1. The number of nitrogens with zero attached hydrogens (tertiary/aromatic N) is 1. The van der Waals surface area contributed by atoms with Gasteiger partial charge in [-0.2, -0.15) is 0 Å². The van der Waals surface area contributed by atoms with Crippen LogP contribution < -0.4 is 10.2 Å². The number of hydrogen-bond acceptors (Lipinski definition) is 2. The number of benzene rings is 3. The molecule has 0 spiro atoms. The van der Waals surface area contributed by atoms with Crippen molar-refractivity contribution in [3.8, 4) is 0 Å². The number of halogens is 1. The molecule has 1 aliphatic rings. The molecule has 0 unspecified atom stereocenters. The zero-order valence-electron chi connectivity index (χ0n) is 14.7. The van der Waals surface area contributed by atoms with Crippen molar-refractivity contribution in [3.63, 3.8) is 0 Å². The number of nitrogens with one attached hydrogen (secondary N) is 1. The van der Waals surface area contributed by atoms with E-state index in [-0.39, 0.29) is 12.1 Å². The van der Waals surface area contributed by atoms with E-state index >= 15 is 0 Å². The highest BCUT2D eigenvalue weighted by molar-refractivity contribution is 6.30. The summed E-state index contributed by atoms with van der Waals surface area (Å²) in [7, 11) is 0. The van der Waals surface area contributed by atoms with E-state index in [1.165, 1.54) is 0 Å². The van der Waals surface area contributed by atoms with Gasteiger partial charge in [-0.25, -0.2) is 0 Å². The van der Waals surface area contributed by atoms with Gasteiger partial charge in [-0.3, -0.25) is 9.69 Å². The average molecular weight is 363 g/mol. The fraction of sp³-hybridized carbons (Fsp3) is 0.136. The third kappa shape index (κ3) is 2.74. The molecule has 1 atom stereocenters. The van der Waals surface area contributed by atoms with Crippen molar-refractivity contribution in [1.29, 1.82) is 0 Å². The van der Waals surface area contributed by atoms with Gasteiger partial charge >= 0.3 is 0 Å². The number of rotatable bonds is 3. The van der Waals surface area contributed by atoms with Crippen LogP contribution in [0.4, 0.5) is 11.4 Å². The Morgan fingerprint density at radius 3 is 2.23 bits per heavy atom. The minimum Gasteiger partial charge on any atom is -0.361 e. The Balaban J connectivity index is 1.82. The van der Waals surface area contributed by atoms with Crippen LogP contribution >= 0.6 is 11.6 Å². The molecule has 0 saturated heterocycles. The number of carbonyl (C=O) groups is 1. The Labute approximate surface area is 158 Å². The largest absolute Gasteiger partial charge is 0.361 e. The Kier molecular flexibility index (Phi) is 4.17. The molecule has 0 aliphatic carbocycles. The van der Waals surface area contributed by atoms with Gasteiger partial charge in [0.2, 0.25) is 0 Å². The van der Waals surface area contributed by atoms with E-state index in [2.05, 4.69) is 31.3 Å². The molecule has 4 rings (SSSR count). The summed E-state index contributed by atoms with van der Waals surface area (Å²) in [5.41, 5.74) is 5.89. The molecule has 0 saturated carbocycles. The smallest absolute Gasteiger partial charge is 0.260 e. The molecular weight excluding hydrogens is 344 g/mol. The summed E-state index contributed by atoms with van der Waals surface area (Å²) in [6.45, 7) is 4.15. The lowest BCUT2D eigenvalue weighted by molar-refractivity contribution is 0.0993. The van der Waals surface area contributed by atoms with Crippen LogP contribution in [0.2, 0.25) is 5.02 Å². The molecule has 3 aromatic rings. The first-order chi connectivity index (χ1) is 12.6. The molecule has 0 radical (unpaired) electrons. The summed E-state index contributed by atoms with van der Waals surface area (Å²) < 4.78 is 0. The molecule has 0 aromatic heterocycles. The van der Waals surface area contributed by atoms with Crippen LogP contribution in [0, 0.1) is 13.8 Å². The second-order valence-corrected chi connectivity index (χ2v) is 6.99. The minimum absolute atomic E-state index is 0.00772.